The summed E-state index contributed by atoms with van der Waals surface area (Å²) in [7, 11) is 0. The van der Waals surface area contributed by atoms with E-state index in [1.54, 1.807) is 0 Å². The highest BCUT2D eigenvalue weighted by Gasteiger charge is 2.90. The van der Waals surface area contributed by atoms with Crippen LogP contribution in [0.2, 0.25) is 0 Å². The Morgan fingerprint density at radius 2 is 1.19 bits per heavy atom. The maximum Gasteiger partial charge on any atom is 0.460 e. The second-order valence-corrected chi connectivity index (χ2v) is 6.97. The van der Waals surface area contributed by atoms with E-state index >= 15 is 0 Å². The summed E-state index contributed by atoms with van der Waals surface area (Å²) in [5.41, 5.74) is 0.181. The number of rotatable bonds is 7. The lowest BCUT2D eigenvalue weighted by molar-refractivity contribution is -0.440. The molecule has 1 aromatic rings. The van der Waals surface area contributed by atoms with Crippen molar-refractivity contribution in [2.24, 2.45) is 5.92 Å². The number of ether oxygens (including phenoxy) is 1. The molecular weight excluding hydrogens is 483 g/mol. The topological polar surface area (TPSA) is 26.3 Å². The Hall–Kier alpha value is -2.22. The van der Waals surface area contributed by atoms with Gasteiger partial charge in [-0.25, -0.2) is 0 Å². The zero-order valence-electron chi connectivity index (χ0n) is 15.2. The molecule has 0 aromatic heterocycles. The summed E-state index contributed by atoms with van der Waals surface area (Å²) in [5, 5.41) is 0. The number of carbonyl (C=O) groups excluding carboxylic acids is 1. The lowest BCUT2D eigenvalue weighted by atomic mass is 9.87. The number of benzene rings is 1. The summed E-state index contributed by atoms with van der Waals surface area (Å²) in [4.78, 5) is 11.7. The first kappa shape index (κ1) is 26.0. The van der Waals surface area contributed by atoms with Crippen molar-refractivity contribution in [3.05, 3.63) is 35.9 Å². The van der Waals surface area contributed by atoms with Gasteiger partial charge in [0.15, 0.2) is 0 Å². The van der Waals surface area contributed by atoms with Crippen LogP contribution in [0.25, 0.3) is 0 Å². The van der Waals surface area contributed by atoms with E-state index in [1.807, 2.05) is 0 Å². The summed E-state index contributed by atoms with van der Waals surface area (Å²) < 4.78 is 176. The van der Waals surface area contributed by atoms with E-state index in [1.165, 1.54) is 30.3 Å². The van der Waals surface area contributed by atoms with Gasteiger partial charge < -0.3 is 4.74 Å². The summed E-state index contributed by atoms with van der Waals surface area (Å²) in [6.07, 6.45) is -12.1. The number of carbonyl (C=O) groups is 1. The lowest BCUT2D eigenvalue weighted by Gasteiger charge is -2.40. The SMILES string of the molecule is O=C1O[C@H](c2ccccc2)C[C@H]1CC(F)(F)C(F)(F)C(F)(F)C(F)(F)C(F)(F)C(F)(F)F. The third-order valence-corrected chi connectivity index (χ3v) is 4.76. The Balaban J connectivity index is 2.33. The van der Waals surface area contributed by atoms with Gasteiger partial charge in [-0.05, 0) is 5.56 Å². The van der Waals surface area contributed by atoms with Crippen LogP contribution < -0.4 is 0 Å². The number of alkyl halides is 13. The van der Waals surface area contributed by atoms with Crippen LogP contribution in [-0.2, 0) is 9.53 Å². The fraction of sp³-hybridized carbons (Fsp3) is 0.588. The van der Waals surface area contributed by atoms with Gasteiger partial charge in [-0.3, -0.25) is 4.79 Å². The molecule has 32 heavy (non-hydrogen) atoms. The van der Waals surface area contributed by atoms with Crippen LogP contribution in [0.3, 0.4) is 0 Å². The number of halogens is 13. The molecule has 1 aliphatic rings. The summed E-state index contributed by atoms with van der Waals surface area (Å²) >= 11 is 0. The van der Waals surface area contributed by atoms with Gasteiger partial charge >= 0.3 is 41.8 Å². The molecule has 0 amide bonds. The van der Waals surface area contributed by atoms with Crippen LogP contribution >= 0.6 is 0 Å². The predicted molar refractivity (Wildman–Crippen MR) is 78.8 cm³/mol. The summed E-state index contributed by atoms with van der Waals surface area (Å²) in [5.74, 6) is -41.2. The second kappa shape index (κ2) is 7.68. The van der Waals surface area contributed by atoms with Crippen molar-refractivity contribution in [1.82, 2.24) is 0 Å². The van der Waals surface area contributed by atoms with Crippen LogP contribution in [0.5, 0.6) is 0 Å². The van der Waals surface area contributed by atoms with Gasteiger partial charge in [0.2, 0.25) is 0 Å². The number of esters is 1. The van der Waals surface area contributed by atoms with Crippen molar-refractivity contribution in [1.29, 1.82) is 0 Å². The van der Waals surface area contributed by atoms with Crippen molar-refractivity contribution < 1.29 is 66.6 Å². The molecule has 2 atom stereocenters. The van der Waals surface area contributed by atoms with Crippen molar-refractivity contribution in [2.45, 2.75) is 54.7 Å². The number of hydrogen-bond acceptors (Lipinski definition) is 2. The molecule has 15 heteroatoms. The highest BCUT2D eigenvalue weighted by atomic mass is 19.4. The third kappa shape index (κ3) is 3.87. The highest BCUT2D eigenvalue weighted by Crippen LogP contribution is 2.61. The average Bonchev–Trinajstić information content (AvgIpc) is 3.00. The number of hydrogen-bond donors (Lipinski definition) is 0. The van der Waals surface area contributed by atoms with Crippen molar-refractivity contribution in [2.75, 3.05) is 0 Å². The molecule has 0 unspecified atom stereocenters. The van der Waals surface area contributed by atoms with E-state index < -0.39 is 66.6 Å². The monoisotopic (exact) mass is 494 g/mol. The summed E-state index contributed by atoms with van der Waals surface area (Å²) in [6.45, 7) is 0. The second-order valence-electron chi connectivity index (χ2n) is 6.97. The molecule has 0 bridgehead atoms. The molecule has 1 aromatic carbocycles. The third-order valence-electron chi connectivity index (χ3n) is 4.76. The van der Waals surface area contributed by atoms with Crippen molar-refractivity contribution in [3.63, 3.8) is 0 Å². The summed E-state index contributed by atoms with van der Waals surface area (Å²) in [6, 6.07) is 6.94. The van der Waals surface area contributed by atoms with Gasteiger partial charge in [-0.1, -0.05) is 30.3 Å². The maximum absolute atomic E-state index is 14.0. The quantitative estimate of drug-likeness (QED) is 0.323. The first-order chi connectivity index (χ1) is 14.2. The molecule has 0 N–H and O–H groups in total. The zero-order valence-corrected chi connectivity index (χ0v) is 15.2. The fourth-order valence-electron chi connectivity index (χ4n) is 2.92. The first-order valence-electron chi connectivity index (χ1n) is 8.42. The van der Waals surface area contributed by atoms with Gasteiger partial charge in [0.1, 0.15) is 6.10 Å². The molecule has 0 saturated carbocycles. The van der Waals surface area contributed by atoms with Gasteiger partial charge in [-0.2, -0.15) is 57.1 Å². The van der Waals surface area contributed by atoms with Crippen LogP contribution in [0.4, 0.5) is 57.1 Å². The normalized spacial score (nSPS) is 21.6. The minimum atomic E-state index is -7.96. The van der Waals surface area contributed by atoms with E-state index in [0.29, 0.717) is 0 Å². The van der Waals surface area contributed by atoms with Gasteiger partial charge in [0.05, 0.1) is 5.92 Å². The molecule has 0 spiro atoms. The van der Waals surface area contributed by atoms with Crippen molar-refractivity contribution >= 4 is 5.97 Å². The van der Waals surface area contributed by atoms with E-state index in [0.717, 1.165) is 0 Å². The molecule has 2 rings (SSSR count). The molecule has 2 nitrogen and oxygen atoms in total. The van der Waals surface area contributed by atoms with E-state index in [9.17, 15) is 61.9 Å². The molecule has 1 fully saturated rings. The average molecular weight is 494 g/mol. The molecular formula is C17H11F13O2. The fourth-order valence-corrected chi connectivity index (χ4v) is 2.92. The lowest BCUT2D eigenvalue weighted by Crippen LogP contribution is -2.70. The predicted octanol–water partition coefficient (Wildman–Crippen LogP) is 6.42. The van der Waals surface area contributed by atoms with Crippen LogP contribution in [0.1, 0.15) is 24.5 Å². The van der Waals surface area contributed by atoms with Crippen LogP contribution in [0.15, 0.2) is 30.3 Å². The Kier molecular flexibility index (Phi) is 6.25. The Morgan fingerprint density at radius 3 is 1.66 bits per heavy atom. The van der Waals surface area contributed by atoms with Crippen molar-refractivity contribution in [3.8, 4) is 0 Å². The molecule has 1 heterocycles. The molecule has 182 valence electrons. The Labute approximate surface area is 170 Å². The van der Waals surface area contributed by atoms with E-state index in [2.05, 4.69) is 4.74 Å². The van der Waals surface area contributed by atoms with Gasteiger partial charge in [0.25, 0.3) is 0 Å². The number of cyclic esters (lactones) is 1. The largest absolute Gasteiger partial charge is 0.460 e. The Morgan fingerprint density at radius 1 is 0.719 bits per heavy atom. The van der Waals surface area contributed by atoms with E-state index in [-0.39, 0.29) is 5.56 Å². The standard InChI is InChI=1S/C17H11F13O2/c18-12(19,7-9-6-10(32-11(9)31)8-4-2-1-3-5-8)13(20,21)14(22,23)15(24,25)16(26,27)17(28,29)30/h1-5,9-10H,6-7H2/t9-,10-/m0/s1. The first-order valence-corrected chi connectivity index (χ1v) is 8.42. The minimum Gasteiger partial charge on any atom is -0.457 e. The van der Waals surface area contributed by atoms with Crippen LogP contribution in [-0.4, -0.2) is 41.8 Å². The molecule has 0 aliphatic carbocycles. The maximum atomic E-state index is 14.0. The Bertz CT molecular complexity index is 833. The van der Waals surface area contributed by atoms with Gasteiger partial charge in [0, 0.05) is 12.8 Å². The molecule has 0 radical (unpaired) electrons. The molecule has 1 aliphatic heterocycles. The van der Waals surface area contributed by atoms with Crippen LogP contribution in [0, 0.1) is 5.92 Å². The minimum absolute atomic E-state index is 0.181. The van der Waals surface area contributed by atoms with Gasteiger partial charge in [-0.15, -0.1) is 0 Å². The smallest absolute Gasteiger partial charge is 0.457 e. The highest BCUT2D eigenvalue weighted by molar-refractivity contribution is 5.75. The zero-order chi connectivity index (χ0) is 25.0. The van der Waals surface area contributed by atoms with E-state index in [4.69, 9.17) is 0 Å². The molecule has 1 saturated heterocycles.